The lowest BCUT2D eigenvalue weighted by Crippen LogP contribution is -2.37. The lowest BCUT2D eigenvalue weighted by atomic mass is 10.4. The van der Waals surface area contributed by atoms with Crippen LogP contribution < -0.4 is 5.32 Å². The highest BCUT2D eigenvalue weighted by Crippen LogP contribution is 2.10. The fourth-order valence-electron chi connectivity index (χ4n) is 1.24. The highest BCUT2D eigenvalue weighted by Gasteiger charge is 2.01. The van der Waals surface area contributed by atoms with Gasteiger partial charge in [0.25, 0.3) is 0 Å². The van der Waals surface area contributed by atoms with Crippen LogP contribution in [-0.4, -0.2) is 43.5 Å². The molecule has 84 valence electrons. The maximum Gasteiger partial charge on any atom is 0.193 e. The van der Waals surface area contributed by atoms with Crippen LogP contribution in [0.4, 0.5) is 0 Å². The Morgan fingerprint density at radius 3 is 2.80 bits per heavy atom. The molecule has 4 nitrogen and oxygen atoms in total. The quantitative estimate of drug-likeness (QED) is 0.620. The zero-order valence-corrected chi connectivity index (χ0v) is 10.6. The van der Waals surface area contributed by atoms with E-state index < -0.39 is 0 Å². The lowest BCUT2D eigenvalue weighted by Gasteiger charge is -2.16. The maximum absolute atomic E-state index is 4.31. The van der Waals surface area contributed by atoms with E-state index >= 15 is 0 Å². The highest BCUT2D eigenvalue weighted by molar-refractivity contribution is 7.11. The molecule has 0 aliphatic heterocycles. The van der Waals surface area contributed by atoms with E-state index in [0.717, 1.165) is 18.9 Å². The SMILES string of the molecule is CN=C(NCCc1ncc(C)s1)N(C)C. The zero-order chi connectivity index (χ0) is 11.3. The van der Waals surface area contributed by atoms with E-state index in [1.54, 1.807) is 18.4 Å². The van der Waals surface area contributed by atoms with Gasteiger partial charge in [0.2, 0.25) is 0 Å². The highest BCUT2D eigenvalue weighted by atomic mass is 32.1. The van der Waals surface area contributed by atoms with Gasteiger partial charge in [-0.15, -0.1) is 11.3 Å². The largest absolute Gasteiger partial charge is 0.356 e. The number of hydrogen-bond donors (Lipinski definition) is 1. The van der Waals surface area contributed by atoms with Crippen molar-refractivity contribution in [2.24, 2.45) is 4.99 Å². The molecule has 1 heterocycles. The molecule has 0 amide bonds. The Balaban J connectivity index is 2.33. The Hall–Kier alpha value is -1.10. The predicted octanol–water partition coefficient (Wildman–Crippen LogP) is 1.13. The fourth-order valence-corrected chi connectivity index (χ4v) is 2.02. The molecule has 0 bridgehead atoms. The topological polar surface area (TPSA) is 40.5 Å². The summed E-state index contributed by atoms with van der Waals surface area (Å²) in [5.41, 5.74) is 0. The van der Waals surface area contributed by atoms with Gasteiger partial charge in [-0.2, -0.15) is 0 Å². The van der Waals surface area contributed by atoms with Gasteiger partial charge in [0.1, 0.15) is 0 Å². The van der Waals surface area contributed by atoms with Gasteiger partial charge in [0, 0.05) is 45.2 Å². The molecule has 1 aromatic rings. The summed E-state index contributed by atoms with van der Waals surface area (Å²) in [4.78, 5) is 11.7. The number of aliphatic imine (C=N–C) groups is 1. The molecule has 0 saturated heterocycles. The Kier molecular flexibility index (Phi) is 4.55. The second-order valence-electron chi connectivity index (χ2n) is 3.48. The van der Waals surface area contributed by atoms with Crippen LogP contribution in [0.5, 0.6) is 0 Å². The van der Waals surface area contributed by atoms with Crippen molar-refractivity contribution in [3.8, 4) is 0 Å². The Morgan fingerprint density at radius 2 is 2.33 bits per heavy atom. The first-order valence-electron chi connectivity index (χ1n) is 4.92. The molecule has 1 N–H and O–H groups in total. The summed E-state index contributed by atoms with van der Waals surface area (Å²) in [5.74, 6) is 0.906. The molecule has 0 saturated carbocycles. The minimum atomic E-state index is 0.873. The molecule has 0 unspecified atom stereocenters. The van der Waals surface area contributed by atoms with E-state index in [1.165, 1.54) is 9.88 Å². The molecule has 1 rings (SSSR count). The van der Waals surface area contributed by atoms with E-state index in [9.17, 15) is 0 Å². The van der Waals surface area contributed by atoms with Crippen molar-refractivity contribution in [1.29, 1.82) is 0 Å². The van der Waals surface area contributed by atoms with Crippen molar-refractivity contribution in [2.75, 3.05) is 27.7 Å². The number of guanidine groups is 1. The molecule has 0 aliphatic carbocycles. The van der Waals surface area contributed by atoms with Crippen molar-refractivity contribution in [3.05, 3.63) is 16.1 Å². The van der Waals surface area contributed by atoms with Crippen molar-refractivity contribution < 1.29 is 0 Å². The Labute approximate surface area is 95.1 Å². The van der Waals surface area contributed by atoms with Gasteiger partial charge in [0.05, 0.1) is 5.01 Å². The average molecular weight is 226 g/mol. The number of thiazole rings is 1. The first-order chi connectivity index (χ1) is 7.13. The molecular weight excluding hydrogens is 208 g/mol. The molecule has 1 aromatic heterocycles. The minimum absolute atomic E-state index is 0.873. The summed E-state index contributed by atoms with van der Waals surface area (Å²) < 4.78 is 0. The van der Waals surface area contributed by atoms with Crippen molar-refractivity contribution in [1.82, 2.24) is 15.2 Å². The van der Waals surface area contributed by atoms with Crippen LogP contribution in [0, 0.1) is 6.92 Å². The van der Waals surface area contributed by atoms with Gasteiger partial charge >= 0.3 is 0 Å². The monoisotopic (exact) mass is 226 g/mol. The fraction of sp³-hybridized carbons (Fsp3) is 0.600. The normalized spacial score (nSPS) is 11.6. The molecule has 15 heavy (non-hydrogen) atoms. The summed E-state index contributed by atoms with van der Waals surface area (Å²) in [7, 11) is 5.74. The van der Waals surface area contributed by atoms with E-state index in [1.807, 2.05) is 25.2 Å². The molecule has 0 atom stereocenters. The van der Waals surface area contributed by atoms with Crippen LogP contribution in [0.25, 0.3) is 0 Å². The van der Waals surface area contributed by atoms with Crippen LogP contribution in [0.3, 0.4) is 0 Å². The van der Waals surface area contributed by atoms with Crippen molar-refractivity contribution in [2.45, 2.75) is 13.3 Å². The lowest BCUT2D eigenvalue weighted by molar-refractivity contribution is 0.583. The number of aromatic nitrogens is 1. The first-order valence-corrected chi connectivity index (χ1v) is 5.74. The molecule has 0 aliphatic rings. The maximum atomic E-state index is 4.31. The van der Waals surface area contributed by atoms with Crippen LogP contribution in [-0.2, 0) is 6.42 Å². The van der Waals surface area contributed by atoms with E-state index in [4.69, 9.17) is 0 Å². The summed E-state index contributed by atoms with van der Waals surface area (Å²) >= 11 is 1.75. The van der Waals surface area contributed by atoms with E-state index in [0.29, 0.717) is 0 Å². The molecular formula is C10H18N4S. The Morgan fingerprint density at radius 1 is 1.60 bits per heavy atom. The average Bonchev–Trinajstić information content (AvgIpc) is 2.58. The van der Waals surface area contributed by atoms with Crippen LogP contribution in [0.2, 0.25) is 0 Å². The zero-order valence-electron chi connectivity index (χ0n) is 9.74. The van der Waals surface area contributed by atoms with Gasteiger partial charge in [-0.1, -0.05) is 0 Å². The summed E-state index contributed by atoms with van der Waals surface area (Å²) in [6.45, 7) is 2.95. The number of nitrogens with one attached hydrogen (secondary N) is 1. The number of rotatable bonds is 3. The number of aryl methyl sites for hydroxylation is 1. The molecule has 5 heteroatoms. The van der Waals surface area contributed by atoms with Crippen molar-refractivity contribution in [3.63, 3.8) is 0 Å². The van der Waals surface area contributed by atoms with Gasteiger partial charge < -0.3 is 10.2 Å². The third-order valence-electron chi connectivity index (χ3n) is 1.93. The van der Waals surface area contributed by atoms with Crippen LogP contribution in [0.1, 0.15) is 9.88 Å². The third-order valence-corrected chi connectivity index (χ3v) is 2.90. The minimum Gasteiger partial charge on any atom is -0.356 e. The molecule has 0 aromatic carbocycles. The molecule has 0 radical (unpaired) electrons. The van der Waals surface area contributed by atoms with Gasteiger partial charge in [0.15, 0.2) is 5.96 Å². The number of hydrogen-bond acceptors (Lipinski definition) is 3. The third kappa shape index (κ3) is 3.87. The summed E-state index contributed by atoms with van der Waals surface area (Å²) in [6.07, 6.45) is 2.87. The van der Waals surface area contributed by atoms with E-state index in [-0.39, 0.29) is 0 Å². The van der Waals surface area contributed by atoms with E-state index in [2.05, 4.69) is 22.2 Å². The second-order valence-corrected chi connectivity index (χ2v) is 4.80. The predicted molar refractivity (Wildman–Crippen MR) is 65.6 cm³/mol. The standard InChI is InChI=1S/C10H18N4S/c1-8-7-13-9(15-8)5-6-12-10(11-2)14(3)4/h7H,5-6H2,1-4H3,(H,11,12). The Bertz CT molecular complexity index is 330. The van der Waals surface area contributed by atoms with Gasteiger partial charge in [-0.25, -0.2) is 4.98 Å². The van der Waals surface area contributed by atoms with Crippen LogP contribution >= 0.6 is 11.3 Å². The summed E-state index contributed by atoms with van der Waals surface area (Å²) in [5, 5.41) is 4.44. The molecule has 0 spiro atoms. The van der Waals surface area contributed by atoms with Crippen molar-refractivity contribution >= 4 is 17.3 Å². The smallest absolute Gasteiger partial charge is 0.193 e. The second kappa shape index (κ2) is 5.70. The van der Waals surface area contributed by atoms with Gasteiger partial charge in [-0.3, -0.25) is 4.99 Å². The van der Waals surface area contributed by atoms with Crippen LogP contribution in [0.15, 0.2) is 11.2 Å². The molecule has 0 fully saturated rings. The summed E-state index contributed by atoms with van der Waals surface area (Å²) in [6, 6.07) is 0. The number of nitrogens with zero attached hydrogens (tertiary/aromatic N) is 3. The van der Waals surface area contributed by atoms with Gasteiger partial charge in [-0.05, 0) is 6.92 Å². The first kappa shape index (κ1) is 12.0.